The van der Waals surface area contributed by atoms with Crippen LogP contribution in [0.15, 0.2) is 18.2 Å². The van der Waals surface area contributed by atoms with E-state index in [1.807, 2.05) is 12.1 Å². The molecule has 0 radical (unpaired) electrons. The Morgan fingerprint density at radius 1 is 1.19 bits per heavy atom. The lowest BCUT2D eigenvalue weighted by Gasteiger charge is -2.30. The number of para-hydroxylation sites is 1. The van der Waals surface area contributed by atoms with Gasteiger partial charge in [-0.2, -0.15) is 0 Å². The Hall–Kier alpha value is -1.03. The molecule has 4 rings (SSSR count). The number of aliphatic hydroxyl groups is 1. The summed E-state index contributed by atoms with van der Waals surface area (Å²) in [6.07, 6.45) is 9.53. The molecule has 1 aromatic heterocycles. The first-order valence-corrected chi connectivity index (χ1v) is 10.7. The topological polar surface area (TPSA) is 37.2 Å². The van der Waals surface area contributed by atoms with Gasteiger partial charge in [-0.1, -0.05) is 43.5 Å². The molecule has 4 heteroatoms. The van der Waals surface area contributed by atoms with E-state index in [9.17, 15) is 5.11 Å². The molecule has 1 saturated carbocycles. The minimum Gasteiger partial charge on any atom is -0.390 e. The molecule has 26 heavy (non-hydrogen) atoms. The maximum absolute atomic E-state index is 10.8. The van der Waals surface area contributed by atoms with Crippen LogP contribution in [-0.2, 0) is 19.4 Å². The summed E-state index contributed by atoms with van der Waals surface area (Å²) in [7, 11) is 0. The van der Waals surface area contributed by atoms with Crippen LogP contribution in [-0.4, -0.2) is 28.4 Å². The third-order valence-electron chi connectivity index (χ3n) is 6.47. The third-order valence-corrected chi connectivity index (χ3v) is 6.77. The molecule has 1 aromatic carbocycles. The molecular weight excluding hydrogens is 344 g/mol. The van der Waals surface area contributed by atoms with Crippen LogP contribution in [0.1, 0.15) is 56.7 Å². The van der Waals surface area contributed by atoms with Crippen molar-refractivity contribution in [2.45, 2.75) is 77.0 Å². The van der Waals surface area contributed by atoms with E-state index in [4.69, 9.17) is 11.6 Å². The molecule has 1 fully saturated rings. The van der Waals surface area contributed by atoms with Crippen LogP contribution >= 0.6 is 11.6 Å². The van der Waals surface area contributed by atoms with Crippen molar-refractivity contribution in [1.29, 1.82) is 0 Å². The zero-order valence-corrected chi connectivity index (χ0v) is 16.6. The van der Waals surface area contributed by atoms with Gasteiger partial charge in [0, 0.05) is 23.7 Å². The summed E-state index contributed by atoms with van der Waals surface area (Å²) in [5.74, 6) is 0.713. The number of halogens is 1. The Labute approximate surface area is 161 Å². The highest BCUT2D eigenvalue weighted by molar-refractivity contribution is 6.35. The zero-order chi connectivity index (χ0) is 18.1. The summed E-state index contributed by atoms with van der Waals surface area (Å²) in [6.45, 7) is 3.62. The van der Waals surface area contributed by atoms with E-state index >= 15 is 0 Å². The van der Waals surface area contributed by atoms with Gasteiger partial charge in [0.2, 0.25) is 0 Å². The Morgan fingerprint density at radius 3 is 2.85 bits per heavy atom. The maximum Gasteiger partial charge on any atom is 0.0843 e. The smallest absolute Gasteiger partial charge is 0.0843 e. The van der Waals surface area contributed by atoms with Gasteiger partial charge in [-0.3, -0.25) is 0 Å². The number of rotatable bonds is 5. The Morgan fingerprint density at radius 2 is 2.00 bits per heavy atom. The maximum atomic E-state index is 10.8. The van der Waals surface area contributed by atoms with Crippen LogP contribution in [0, 0.1) is 5.92 Å². The van der Waals surface area contributed by atoms with Crippen molar-refractivity contribution < 1.29 is 5.11 Å². The van der Waals surface area contributed by atoms with Gasteiger partial charge in [0.25, 0.3) is 0 Å². The van der Waals surface area contributed by atoms with Gasteiger partial charge in [-0.05, 0) is 56.1 Å². The van der Waals surface area contributed by atoms with Crippen LogP contribution in [0.25, 0.3) is 10.9 Å². The molecule has 0 spiro atoms. The summed E-state index contributed by atoms with van der Waals surface area (Å²) < 4.78 is 2.31. The quantitative estimate of drug-likeness (QED) is 0.795. The summed E-state index contributed by atoms with van der Waals surface area (Å²) in [4.78, 5) is 0. The van der Waals surface area contributed by atoms with E-state index in [-0.39, 0.29) is 6.10 Å². The second kappa shape index (κ2) is 7.92. The molecule has 2 aromatic rings. The lowest BCUT2D eigenvalue weighted by molar-refractivity contribution is 0.138. The molecule has 2 aliphatic rings. The van der Waals surface area contributed by atoms with Gasteiger partial charge < -0.3 is 15.0 Å². The average Bonchev–Trinajstić information content (AvgIpc) is 2.96. The fourth-order valence-corrected chi connectivity index (χ4v) is 5.31. The first-order valence-electron chi connectivity index (χ1n) is 10.3. The normalized spacial score (nSPS) is 24.6. The highest BCUT2D eigenvalue weighted by Gasteiger charge is 2.24. The van der Waals surface area contributed by atoms with Crippen molar-refractivity contribution >= 4 is 22.5 Å². The van der Waals surface area contributed by atoms with Crippen molar-refractivity contribution in [3.63, 3.8) is 0 Å². The number of hydrogen-bond donors (Lipinski definition) is 2. The standard InChI is InChI=1S/C22H31ClN2O/c1-15-7-2-4-11-20(15)24-13-16(26)14-25-21-12-5-3-8-17(21)18-9-6-10-19(23)22(18)25/h6,9-10,15-16,20,24,26H,2-5,7-8,11-14H2,1H3. The van der Waals surface area contributed by atoms with Gasteiger partial charge >= 0.3 is 0 Å². The molecule has 0 aliphatic heterocycles. The van der Waals surface area contributed by atoms with E-state index in [1.165, 1.54) is 55.2 Å². The van der Waals surface area contributed by atoms with E-state index in [2.05, 4.69) is 22.9 Å². The summed E-state index contributed by atoms with van der Waals surface area (Å²) in [5.41, 5.74) is 3.96. The van der Waals surface area contributed by atoms with Crippen LogP contribution in [0.5, 0.6) is 0 Å². The van der Waals surface area contributed by atoms with E-state index in [1.54, 1.807) is 0 Å². The lowest BCUT2D eigenvalue weighted by Crippen LogP contribution is -2.42. The number of nitrogens with one attached hydrogen (secondary N) is 1. The highest BCUT2D eigenvalue weighted by atomic mass is 35.5. The molecule has 142 valence electrons. The Balaban J connectivity index is 1.53. The molecule has 2 N–H and O–H groups in total. The van der Waals surface area contributed by atoms with Crippen molar-refractivity contribution in [2.75, 3.05) is 6.54 Å². The molecule has 0 bridgehead atoms. The van der Waals surface area contributed by atoms with Crippen molar-refractivity contribution in [3.05, 3.63) is 34.5 Å². The molecule has 0 saturated heterocycles. The van der Waals surface area contributed by atoms with Crippen LogP contribution in [0.2, 0.25) is 5.02 Å². The number of aromatic nitrogens is 1. The fraction of sp³-hybridized carbons (Fsp3) is 0.636. The average molecular weight is 375 g/mol. The molecule has 0 amide bonds. The third kappa shape index (κ3) is 3.54. The SMILES string of the molecule is CC1CCCCC1NCC(O)Cn1c2c(c3cccc(Cl)c31)CCCC2. The van der Waals surface area contributed by atoms with Gasteiger partial charge in [0.05, 0.1) is 23.2 Å². The number of aliphatic hydroxyl groups excluding tert-OH is 1. The predicted octanol–water partition coefficient (Wildman–Crippen LogP) is 4.70. The number of hydrogen-bond acceptors (Lipinski definition) is 2. The first-order chi connectivity index (χ1) is 12.6. The van der Waals surface area contributed by atoms with Crippen LogP contribution in [0.3, 0.4) is 0 Å². The van der Waals surface area contributed by atoms with Crippen LogP contribution < -0.4 is 5.32 Å². The Kier molecular flexibility index (Phi) is 5.58. The van der Waals surface area contributed by atoms with Gasteiger partial charge in [0.15, 0.2) is 0 Å². The molecule has 1 heterocycles. The summed E-state index contributed by atoms with van der Waals surface area (Å²) in [6, 6.07) is 6.76. The van der Waals surface area contributed by atoms with Gasteiger partial charge in [-0.25, -0.2) is 0 Å². The monoisotopic (exact) mass is 374 g/mol. The first kappa shape index (κ1) is 18.3. The van der Waals surface area contributed by atoms with Crippen molar-refractivity contribution in [3.8, 4) is 0 Å². The molecular formula is C22H31ClN2O. The Bertz CT molecular complexity index is 769. The molecule has 3 unspecified atom stereocenters. The number of fused-ring (bicyclic) bond motifs is 3. The second-order valence-electron chi connectivity index (χ2n) is 8.31. The van der Waals surface area contributed by atoms with Gasteiger partial charge in [0.1, 0.15) is 0 Å². The van der Waals surface area contributed by atoms with Crippen molar-refractivity contribution in [2.24, 2.45) is 5.92 Å². The predicted molar refractivity (Wildman–Crippen MR) is 109 cm³/mol. The number of aryl methyl sites for hydroxylation is 1. The molecule has 3 nitrogen and oxygen atoms in total. The summed E-state index contributed by atoms with van der Waals surface area (Å²) in [5, 5.41) is 16.5. The minimum absolute atomic E-state index is 0.387. The largest absolute Gasteiger partial charge is 0.390 e. The second-order valence-corrected chi connectivity index (χ2v) is 8.72. The highest BCUT2D eigenvalue weighted by Crippen LogP contribution is 2.35. The summed E-state index contributed by atoms with van der Waals surface area (Å²) >= 11 is 6.57. The molecule has 3 atom stereocenters. The number of benzene rings is 1. The molecule has 2 aliphatic carbocycles. The van der Waals surface area contributed by atoms with E-state index < -0.39 is 0 Å². The van der Waals surface area contributed by atoms with Crippen molar-refractivity contribution in [1.82, 2.24) is 9.88 Å². The van der Waals surface area contributed by atoms with E-state index in [0.717, 1.165) is 23.4 Å². The van der Waals surface area contributed by atoms with Gasteiger partial charge in [-0.15, -0.1) is 0 Å². The number of nitrogens with zero attached hydrogens (tertiary/aromatic N) is 1. The fourth-order valence-electron chi connectivity index (χ4n) is 5.03. The zero-order valence-electron chi connectivity index (χ0n) is 15.8. The van der Waals surface area contributed by atoms with Crippen LogP contribution in [0.4, 0.5) is 0 Å². The van der Waals surface area contributed by atoms with E-state index in [0.29, 0.717) is 25.0 Å². The lowest BCUT2D eigenvalue weighted by atomic mass is 9.86. The minimum atomic E-state index is -0.387.